The number of rotatable bonds is 4. The quantitative estimate of drug-likeness (QED) is 0.572. The maximum Gasteiger partial charge on any atom is 0.265 e. The fourth-order valence-corrected chi connectivity index (χ4v) is 3.17. The third-order valence-electron chi connectivity index (χ3n) is 2.32. The van der Waals surface area contributed by atoms with Gasteiger partial charge in [0.2, 0.25) is 0 Å². The van der Waals surface area contributed by atoms with Gasteiger partial charge in [0.15, 0.2) is 5.82 Å². The Morgan fingerprint density at radius 3 is 2.70 bits per heavy atom. The minimum absolute atomic E-state index is 0.0166. The number of sulfonamides is 1. The molecule has 0 aliphatic heterocycles. The first kappa shape index (κ1) is 14.7. The lowest BCUT2D eigenvalue weighted by atomic mass is 10.3. The molecule has 2 aromatic rings. The summed E-state index contributed by atoms with van der Waals surface area (Å²) >= 11 is 3.13. The molecular weight excluding hydrogens is 351 g/mol. The molecule has 0 radical (unpaired) electrons. The third-order valence-corrected chi connectivity index (χ3v) is 4.15. The second-order valence-corrected chi connectivity index (χ2v) is 6.33. The Morgan fingerprint density at radius 2 is 2.05 bits per heavy atom. The van der Waals surface area contributed by atoms with E-state index in [2.05, 4.69) is 31.1 Å². The molecule has 1 heterocycles. The highest BCUT2D eigenvalue weighted by Gasteiger charge is 2.20. The van der Waals surface area contributed by atoms with Crippen LogP contribution in [0.4, 0.5) is 15.9 Å². The fraction of sp³-hybridized carbons (Fsp3) is 0. The van der Waals surface area contributed by atoms with E-state index >= 15 is 0 Å². The Balaban J connectivity index is 2.43. The Kier molecular flexibility index (Phi) is 4.21. The predicted octanol–water partition coefficient (Wildman–Crippen LogP) is 2.07. The summed E-state index contributed by atoms with van der Waals surface area (Å²) in [5.74, 6) is 4.67. The van der Waals surface area contributed by atoms with Crippen molar-refractivity contribution in [1.29, 1.82) is 0 Å². The lowest BCUT2D eigenvalue weighted by Crippen LogP contribution is -2.18. The molecule has 106 valence electrons. The van der Waals surface area contributed by atoms with Gasteiger partial charge < -0.3 is 5.43 Å². The van der Waals surface area contributed by atoms with Crippen LogP contribution in [0.5, 0.6) is 0 Å². The van der Waals surface area contributed by atoms with Gasteiger partial charge in [-0.15, -0.1) is 0 Å². The zero-order valence-corrected chi connectivity index (χ0v) is 12.4. The van der Waals surface area contributed by atoms with E-state index in [0.717, 1.165) is 6.07 Å². The lowest BCUT2D eigenvalue weighted by molar-refractivity contribution is 0.601. The lowest BCUT2D eigenvalue weighted by Gasteiger charge is -2.11. The van der Waals surface area contributed by atoms with Crippen LogP contribution in [0.15, 0.2) is 45.9 Å². The van der Waals surface area contributed by atoms with Crippen molar-refractivity contribution < 1.29 is 12.8 Å². The van der Waals surface area contributed by atoms with E-state index in [1.165, 1.54) is 30.5 Å². The molecule has 0 aliphatic rings. The van der Waals surface area contributed by atoms with Crippen molar-refractivity contribution in [3.05, 3.63) is 46.8 Å². The van der Waals surface area contributed by atoms with E-state index in [1.54, 1.807) is 0 Å². The number of benzene rings is 1. The molecule has 20 heavy (non-hydrogen) atoms. The fourth-order valence-electron chi connectivity index (χ4n) is 1.50. The summed E-state index contributed by atoms with van der Waals surface area (Å²) < 4.78 is 40.3. The molecule has 0 spiro atoms. The Morgan fingerprint density at radius 1 is 1.30 bits per heavy atom. The largest absolute Gasteiger partial charge is 0.307 e. The molecule has 0 bridgehead atoms. The Bertz CT molecular complexity index is 739. The van der Waals surface area contributed by atoms with Crippen molar-refractivity contribution in [1.82, 2.24) is 4.98 Å². The molecule has 1 aromatic carbocycles. The topological polar surface area (TPSA) is 97.1 Å². The molecule has 6 nitrogen and oxygen atoms in total. The summed E-state index contributed by atoms with van der Waals surface area (Å²) in [6.45, 7) is 0. The normalized spacial score (nSPS) is 11.2. The summed E-state index contributed by atoms with van der Waals surface area (Å²) in [5, 5.41) is 0. The van der Waals surface area contributed by atoms with Crippen LogP contribution in [0.25, 0.3) is 0 Å². The third kappa shape index (κ3) is 3.24. The number of halogens is 2. The van der Waals surface area contributed by atoms with Gasteiger partial charge in [-0.05, 0) is 40.2 Å². The van der Waals surface area contributed by atoms with Crippen LogP contribution in [-0.2, 0) is 10.0 Å². The van der Waals surface area contributed by atoms with Crippen molar-refractivity contribution in [3.8, 4) is 0 Å². The van der Waals surface area contributed by atoms with Crippen LogP contribution < -0.4 is 16.0 Å². The van der Waals surface area contributed by atoms with Gasteiger partial charge in [-0.2, -0.15) is 0 Å². The van der Waals surface area contributed by atoms with E-state index in [9.17, 15) is 12.8 Å². The molecule has 0 fully saturated rings. The van der Waals surface area contributed by atoms with Gasteiger partial charge >= 0.3 is 0 Å². The minimum Gasteiger partial charge on any atom is -0.307 e. The van der Waals surface area contributed by atoms with E-state index < -0.39 is 15.8 Å². The highest BCUT2D eigenvalue weighted by molar-refractivity contribution is 9.10. The summed E-state index contributed by atoms with van der Waals surface area (Å²) in [5.41, 5.74) is 2.31. The smallest absolute Gasteiger partial charge is 0.265 e. The van der Waals surface area contributed by atoms with Gasteiger partial charge in [0, 0.05) is 10.7 Å². The molecule has 9 heteroatoms. The number of nitrogens with two attached hydrogens (primary N) is 1. The number of hydrogen-bond donors (Lipinski definition) is 3. The number of aromatic nitrogens is 1. The van der Waals surface area contributed by atoms with Crippen molar-refractivity contribution in [2.75, 3.05) is 10.1 Å². The maximum atomic E-state index is 13.1. The molecule has 0 unspecified atom stereocenters. The van der Waals surface area contributed by atoms with E-state index in [1.807, 2.05) is 0 Å². The van der Waals surface area contributed by atoms with Gasteiger partial charge in [0.1, 0.15) is 10.7 Å². The Labute approximate surface area is 123 Å². The molecule has 0 aliphatic carbocycles. The van der Waals surface area contributed by atoms with Crippen LogP contribution >= 0.6 is 15.9 Å². The number of pyridine rings is 1. The summed E-state index contributed by atoms with van der Waals surface area (Å²) in [6, 6.07) is 6.45. The number of nitrogens with one attached hydrogen (secondary N) is 2. The van der Waals surface area contributed by atoms with Gasteiger partial charge in [-0.25, -0.2) is 23.6 Å². The molecule has 0 atom stereocenters. The van der Waals surface area contributed by atoms with Crippen LogP contribution in [-0.4, -0.2) is 13.4 Å². The minimum atomic E-state index is -3.95. The van der Waals surface area contributed by atoms with Crippen molar-refractivity contribution in [2.45, 2.75) is 4.90 Å². The average Bonchev–Trinajstić information content (AvgIpc) is 2.38. The highest BCUT2D eigenvalue weighted by Crippen LogP contribution is 2.24. The van der Waals surface area contributed by atoms with Gasteiger partial charge in [-0.3, -0.25) is 4.72 Å². The number of hydrazine groups is 1. The van der Waals surface area contributed by atoms with Gasteiger partial charge in [0.05, 0.1) is 5.69 Å². The van der Waals surface area contributed by atoms with Crippen molar-refractivity contribution in [3.63, 3.8) is 0 Å². The van der Waals surface area contributed by atoms with E-state index in [0.29, 0.717) is 4.47 Å². The zero-order chi connectivity index (χ0) is 14.8. The number of anilines is 2. The summed E-state index contributed by atoms with van der Waals surface area (Å²) in [4.78, 5) is 3.69. The summed E-state index contributed by atoms with van der Waals surface area (Å²) in [6.07, 6.45) is 1.40. The second kappa shape index (κ2) is 5.73. The number of nitrogen functional groups attached to an aromatic ring is 1. The first-order valence-corrected chi connectivity index (χ1v) is 7.60. The monoisotopic (exact) mass is 360 g/mol. The first-order valence-electron chi connectivity index (χ1n) is 5.33. The molecule has 4 N–H and O–H groups in total. The highest BCUT2D eigenvalue weighted by atomic mass is 79.9. The average molecular weight is 361 g/mol. The van der Waals surface area contributed by atoms with Gasteiger partial charge in [-0.1, -0.05) is 6.07 Å². The molecule has 2 rings (SSSR count). The zero-order valence-electron chi connectivity index (χ0n) is 9.97. The Hall–Kier alpha value is -1.71. The van der Waals surface area contributed by atoms with Crippen molar-refractivity contribution in [2.24, 2.45) is 5.84 Å². The molecule has 1 aromatic heterocycles. The van der Waals surface area contributed by atoms with E-state index in [4.69, 9.17) is 5.84 Å². The molecule has 0 amide bonds. The molecule has 0 saturated heterocycles. The standard InChI is InChI=1S/C11H10BrFN4O2S/c12-7-4-10(11(16-14)15-6-7)20(18,19)17-9-3-1-2-8(13)5-9/h1-6,17H,14H2,(H,15,16). The van der Waals surface area contributed by atoms with Crippen LogP contribution in [0.2, 0.25) is 0 Å². The second-order valence-electron chi connectivity index (χ2n) is 3.76. The molecular formula is C11H10BrFN4O2S. The summed E-state index contributed by atoms with van der Waals surface area (Å²) in [7, 11) is -3.95. The molecule has 0 saturated carbocycles. The van der Waals surface area contributed by atoms with Crippen molar-refractivity contribution >= 4 is 37.5 Å². The predicted molar refractivity (Wildman–Crippen MR) is 77.0 cm³/mol. The van der Waals surface area contributed by atoms with Crippen LogP contribution in [0, 0.1) is 5.82 Å². The number of nitrogens with zero attached hydrogens (tertiary/aromatic N) is 1. The van der Waals surface area contributed by atoms with Crippen LogP contribution in [0.3, 0.4) is 0 Å². The number of hydrogen-bond acceptors (Lipinski definition) is 5. The maximum absolute atomic E-state index is 13.1. The van der Waals surface area contributed by atoms with Gasteiger partial charge in [0.25, 0.3) is 10.0 Å². The SMILES string of the molecule is NNc1ncc(Br)cc1S(=O)(=O)Nc1cccc(F)c1. The first-order chi connectivity index (χ1) is 9.42. The van der Waals surface area contributed by atoms with Crippen LogP contribution in [0.1, 0.15) is 0 Å². The van der Waals surface area contributed by atoms with E-state index in [-0.39, 0.29) is 16.4 Å².